The lowest BCUT2D eigenvalue weighted by Gasteiger charge is -2.25. The van der Waals surface area contributed by atoms with Crippen molar-refractivity contribution in [2.75, 3.05) is 53.4 Å². The Balaban J connectivity index is 1.86. The molecule has 0 saturated heterocycles. The molecule has 0 aliphatic carbocycles. The number of fused-ring (bicyclic) bond motifs is 2. The van der Waals surface area contributed by atoms with Crippen molar-refractivity contribution in [3.63, 3.8) is 0 Å². The van der Waals surface area contributed by atoms with Gasteiger partial charge in [0.1, 0.15) is 32.5 Å². The Morgan fingerprint density at radius 3 is 1.77 bits per heavy atom. The summed E-state index contributed by atoms with van der Waals surface area (Å²) < 4.78 is 41.0. The molecule has 0 fully saturated rings. The first kappa shape index (κ1) is 30.6. The van der Waals surface area contributed by atoms with E-state index in [1.165, 1.54) is 7.11 Å². The minimum atomic E-state index is -0.466. The fourth-order valence-corrected chi connectivity index (χ4v) is 3.86. The minimum absolute atomic E-state index is 0.0475. The van der Waals surface area contributed by atoms with Gasteiger partial charge in [0.05, 0.1) is 33.4 Å². The van der Waals surface area contributed by atoms with Crippen LogP contribution in [-0.2, 0) is 29.8 Å². The maximum absolute atomic E-state index is 11.7. The van der Waals surface area contributed by atoms with Crippen molar-refractivity contribution >= 4 is 5.97 Å². The van der Waals surface area contributed by atoms with E-state index in [1.54, 1.807) is 0 Å². The fourth-order valence-electron chi connectivity index (χ4n) is 3.86. The molecule has 2 aromatic rings. The zero-order valence-corrected chi connectivity index (χ0v) is 24.5. The van der Waals surface area contributed by atoms with Crippen LogP contribution in [0.3, 0.4) is 0 Å². The molecule has 1 aliphatic rings. The van der Waals surface area contributed by atoms with E-state index in [2.05, 4.69) is 41.5 Å². The molecule has 0 saturated carbocycles. The average Bonchev–Trinajstić information content (AvgIpc) is 2.88. The molecule has 3 rings (SSSR count). The number of benzene rings is 2. The predicted octanol–water partition coefficient (Wildman–Crippen LogP) is 5.48. The third kappa shape index (κ3) is 9.62. The Kier molecular flexibility index (Phi) is 10.9. The zero-order valence-electron chi connectivity index (χ0n) is 24.5. The van der Waals surface area contributed by atoms with E-state index in [0.717, 1.165) is 11.1 Å². The van der Waals surface area contributed by atoms with Crippen molar-refractivity contribution in [1.82, 2.24) is 0 Å². The summed E-state index contributed by atoms with van der Waals surface area (Å²) >= 11 is 0. The highest BCUT2D eigenvalue weighted by molar-refractivity contribution is 5.69. The van der Waals surface area contributed by atoms with Crippen LogP contribution >= 0.6 is 0 Å². The Labute approximate surface area is 232 Å². The summed E-state index contributed by atoms with van der Waals surface area (Å²) in [5, 5.41) is 0. The van der Waals surface area contributed by atoms with Crippen molar-refractivity contribution in [1.29, 1.82) is 0 Å². The highest BCUT2D eigenvalue weighted by Gasteiger charge is 2.21. The quantitative estimate of drug-likeness (QED) is 0.469. The van der Waals surface area contributed by atoms with Crippen LogP contribution in [0, 0.1) is 0 Å². The molecule has 1 heterocycles. The standard InChI is InChI=1S/C31H44O8/c1-30(2,3)22-9-11-26-27(18-22)37-17-15-34-14-16-36-25-10-8-23(31(4,5)6)19-28(25)39-21-24(20-38-26)35-13-12-29(32)33-7/h8-11,18-19,24H,12-17,20-21H2,1-7H3. The van der Waals surface area contributed by atoms with Gasteiger partial charge in [0.2, 0.25) is 0 Å². The van der Waals surface area contributed by atoms with Gasteiger partial charge in [-0.2, -0.15) is 0 Å². The largest absolute Gasteiger partial charge is 0.487 e. The number of esters is 1. The van der Waals surface area contributed by atoms with Gasteiger partial charge in [0.15, 0.2) is 23.0 Å². The van der Waals surface area contributed by atoms with Gasteiger partial charge in [-0.25, -0.2) is 0 Å². The molecule has 0 N–H and O–H groups in total. The highest BCUT2D eigenvalue weighted by atomic mass is 16.6. The summed E-state index contributed by atoms with van der Waals surface area (Å²) in [6.07, 6.45) is -0.331. The summed E-state index contributed by atoms with van der Waals surface area (Å²) in [6, 6.07) is 12.0. The molecule has 0 bridgehead atoms. The van der Waals surface area contributed by atoms with Crippen LogP contribution in [0.4, 0.5) is 0 Å². The van der Waals surface area contributed by atoms with Crippen molar-refractivity contribution in [2.24, 2.45) is 0 Å². The van der Waals surface area contributed by atoms with Crippen molar-refractivity contribution < 1.29 is 38.0 Å². The number of carbonyl (C=O) groups excluding carboxylic acids is 1. The van der Waals surface area contributed by atoms with E-state index in [9.17, 15) is 4.79 Å². The van der Waals surface area contributed by atoms with Crippen molar-refractivity contribution in [2.45, 2.75) is 64.9 Å². The molecule has 1 aliphatic heterocycles. The first-order valence-corrected chi connectivity index (χ1v) is 13.5. The summed E-state index contributed by atoms with van der Waals surface area (Å²) in [5.41, 5.74) is 2.14. The first-order chi connectivity index (χ1) is 18.5. The van der Waals surface area contributed by atoms with E-state index < -0.39 is 6.10 Å². The Morgan fingerprint density at radius 2 is 1.23 bits per heavy atom. The topological polar surface area (TPSA) is 81.7 Å². The van der Waals surface area contributed by atoms with Crippen molar-refractivity contribution in [3.8, 4) is 23.0 Å². The van der Waals surface area contributed by atoms with Gasteiger partial charge in [-0.15, -0.1) is 0 Å². The fraction of sp³-hybridized carbons (Fsp3) is 0.581. The van der Waals surface area contributed by atoms with Gasteiger partial charge in [-0.1, -0.05) is 53.7 Å². The van der Waals surface area contributed by atoms with Crippen LogP contribution in [0.25, 0.3) is 0 Å². The average molecular weight is 545 g/mol. The van der Waals surface area contributed by atoms with Crippen LogP contribution in [0.1, 0.15) is 59.1 Å². The van der Waals surface area contributed by atoms with Gasteiger partial charge >= 0.3 is 5.97 Å². The molecule has 2 aromatic carbocycles. The number of hydrogen-bond acceptors (Lipinski definition) is 8. The van der Waals surface area contributed by atoms with Crippen LogP contribution in [0.5, 0.6) is 23.0 Å². The number of carbonyl (C=O) groups is 1. The van der Waals surface area contributed by atoms with E-state index in [-0.39, 0.29) is 43.0 Å². The highest BCUT2D eigenvalue weighted by Crippen LogP contribution is 2.35. The van der Waals surface area contributed by atoms with Gasteiger partial charge in [0, 0.05) is 0 Å². The third-order valence-electron chi connectivity index (χ3n) is 6.33. The van der Waals surface area contributed by atoms with Gasteiger partial charge < -0.3 is 33.2 Å². The van der Waals surface area contributed by atoms with Crippen LogP contribution < -0.4 is 18.9 Å². The molecule has 216 valence electrons. The molecule has 1 atom stereocenters. The lowest BCUT2D eigenvalue weighted by atomic mass is 9.87. The number of ether oxygens (including phenoxy) is 7. The van der Waals surface area contributed by atoms with E-state index in [4.69, 9.17) is 33.2 Å². The summed E-state index contributed by atoms with van der Waals surface area (Å²) in [4.78, 5) is 11.7. The maximum Gasteiger partial charge on any atom is 0.307 e. The molecule has 39 heavy (non-hydrogen) atoms. The minimum Gasteiger partial charge on any atom is -0.487 e. The summed E-state index contributed by atoms with van der Waals surface area (Å²) in [5.74, 6) is 2.16. The van der Waals surface area contributed by atoms with E-state index in [0.29, 0.717) is 49.4 Å². The molecule has 0 radical (unpaired) electrons. The van der Waals surface area contributed by atoms with E-state index >= 15 is 0 Å². The number of hydrogen-bond donors (Lipinski definition) is 0. The van der Waals surface area contributed by atoms with Gasteiger partial charge in [-0.05, 0) is 46.2 Å². The van der Waals surface area contributed by atoms with Crippen LogP contribution in [-0.4, -0.2) is 65.4 Å². The molecule has 8 heteroatoms. The van der Waals surface area contributed by atoms with Crippen LogP contribution in [0.15, 0.2) is 36.4 Å². The predicted molar refractivity (Wildman–Crippen MR) is 149 cm³/mol. The third-order valence-corrected chi connectivity index (χ3v) is 6.33. The smallest absolute Gasteiger partial charge is 0.307 e. The zero-order chi connectivity index (χ0) is 28.5. The summed E-state index contributed by atoms with van der Waals surface area (Å²) in [7, 11) is 1.36. The van der Waals surface area contributed by atoms with Crippen molar-refractivity contribution in [3.05, 3.63) is 47.5 Å². The lowest BCUT2D eigenvalue weighted by molar-refractivity contribution is -0.142. The molecule has 0 spiro atoms. The second kappa shape index (κ2) is 13.9. The molecular formula is C31H44O8. The van der Waals surface area contributed by atoms with E-state index in [1.807, 2.05) is 36.4 Å². The Morgan fingerprint density at radius 1 is 0.744 bits per heavy atom. The summed E-state index contributed by atoms with van der Waals surface area (Å²) in [6.45, 7) is 15.0. The molecule has 0 aromatic heterocycles. The lowest BCUT2D eigenvalue weighted by Crippen LogP contribution is -2.30. The number of methoxy groups -OCH3 is 1. The SMILES string of the molecule is COC(=O)CCOC1COc2ccc(C(C)(C)C)cc2OCCOCCOc2ccc(C(C)(C)C)cc2OC1. The molecular weight excluding hydrogens is 500 g/mol. The maximum atomic E-state index is 11.7. The normalized spacial score (nSPS) is 17.4. The molecule has 8 nitrogen and oxygen atoms in total. The Hall–Kier alpha value is -2.97. The van der Waals surface area contributed by atoms with Crippen LogP contribution in [0.2, 0.25) is 0 Å². The molecule has 1 unspecified atom stereocenters. The number of rotatable bonds is 4. The molecule has 0 amide bonds. The Bertz CT molecular complexity index is 1070. The second-order valence-electron chi connectivity index (χ2n) is 11.6. The monoisotopic (exact) mass is 544 g/mol. The van der Waals surface area contributed by atoms with Gasteiger partial charge in [-0.3, -0.25) is 4.79 Å². The second-order valence-corrected chi connectivity index (χ2v) is 11.6. The van der Waals surface area contributed by atoms with Gasteiger partial charge in [0.25, 0.3) is 0 Å². The first-order valence-electron chi connectivity index (χ1n) is 13.5.